The van der Waals surface area contributed by atoms with Gasteiger partial charge in [0.2, 0.25) is 0 Å². The van der Waals surface area contributed by atoms with Crippen molar-refractivity contribution >= 4 is 0 Å². The van der Waals surface area contributed by atoms with Gasteiger partial charge in [0.25, 0.3) is 0 Å². The quantitative estimate of drug-likeness (QED) is 0.492. The molecular weight excluding hydrogens is 228 g/mol. The van der Waals surface area contributed by atoms with Crippen LogP contribution in [0.3, 0.4) is 0 Å². The number of hydrogen-bond donors (Lipinski definition) is 4. The van der Waals surface area contributed by atoms with Gasteiger partial charge in [0, 0.05) is 12.1 Å². The number of rotatable bonds is 0. The highest BCUT2D eigenvalue weighted by Crippen LogP contribution is 2.16. The summed E-state index contributed by atoms with van der Waals surface area (Å²) in [5.41, 5.74) is 11.4. The second kappa shape index (κ2) is 8.86. The normalized spacial score (nSPS) is 38.0. The molecule has 2 saturated carbocycles. The van der Waals surface area contributed by atoms with Gasteiger partial charge < -0.3 is 21.7 Å². The van der Waals surface area contributed by atoms with Crippen molar-refractivity contribution in [3.63, 3.8) is 0 Å². The van der Waals surface area contributed by atoms with E-state index in [0.29, 0.717) is 12.1 Å². The molecule has 0 amide bonds. The molecule has 108 valence electrons. The van der Waals surface area contributed by atoms with E-state index in [-0.39, 0.29) is 12.2 Å². The van der Waals surface area contributed by atoms with Gasteiger partial charge in [-0.25, -0.2) is 0 Å². The average Bonchev–Trinajstić information content (AvgIpc) is 2.63. The Balaban J connectivity index is 0.000000180. The summed E-state index contributed by atoms with van der Waals surface area (Å²) in [4.78, 5) is 0. The number of hydrogen-bond acceptors (Lipinski definition) is 4. The monoisotopic (exact) mass is 258 g/mol. The molecule has 0 aliphatic heterocycles. The highest BCUT2D eigenvalue weighted by molar-refractivity contribution is 4.71. The summed E-state index contributed by atoms with van der Waals surface area (Å²) in [6, 6.07) is 0.698. The Morgan fingerprint density at radius 3 is 1.33 bits per heavy atom. The van der Waals surface area contributed by atoms with Crippen LogP contribution in [0, 0.1) is 0 Å². The van der Waals surface area contributed by atoms with E-state index in [1.54, 1.807) is 0 Å². The lowest BCUT2D eigenvalue weighted by Crippen LogP contribution is -2.18. The van der Waals surface area contributed by atoms with Crippen LogP contribution in [0.2, 0.25) is 0 Å². The minimum Gasteiger partial charge on any atom is -0.393 e. The minimum atomic E-state index is -0.0708. The van der Waals surface area contributed by atoms with Crippen molar-refractivity contribution in [1.82, 2.24) is 0 Å². The smallest absolute Gasteiger partial charge is 0.0540 e. The summed E-state index contributed by atoms with van der Waals surface area (Å²) in [5, 5.41) is 18.3. The highest BCUT2D eigenvalue weighted by Gasteiger charge is 2.13. The van der Waals surface area contributed by atoms with Crippen LogP contribution in [0.4, 0.5) is 0 Å². The number of aliphatic hydroxyl groups excluding tert-OH is 2. The van der Waals surface area contributed by atoms with Gasteiger partial charge in [-0.05, 0) is 64.2 Å². The fourth-order valence-electron chi connectivity index (χ4n) is 2.62. The van der Waals surface area contributed by atoms with Crippen LogP contribution < -0.4 is 11.5 Å². The average molecular weight is 258 g/mol. The van der Waals surface area contributed by atoms with Crippen molar-refractivity contribution in [3.05, 3.63) is 0 Å². The third-order valence-corrected chi connectivity index (χ3v) is 3.97. The highest BCUT2D eigenvalue weighted by atomic mass is 16.3. The number of nitrogens with two attached hydrogens (primary N) is 2. The molecule has 0 aromatic carbocycles. The molecular formula is C14H30N2O2. The molecule has 0 spiro atoms. The van der Waals surface area contributed by atoms with Crippen molar-refractivity contribution in [1.29, 1.82) is 0 Å². The summed E-state index contributed by atoms with van der Waals surface area (Å²) in [7, 11) is 0. The van der Waals surface area contributed by atoms with Crippen molar-refractivity contribution in [3.8, 4) is 0 Å². The van der Waals surface area contributed by atoms with E-state index in [4.69, 9.17) is 21.7 Å². The molecule has 18 heavy (non-hydrogen) atoms. The largest absolute Gasteiger partial charge is 0.393 e. The Labute approximate surface area is 111 Å². The van der Waals surface area contributed by atoms with Gasteiger partial charge in [0.15, 0.2) is 0 Å². The molecule has 6 N–H and O–H groups in total. The predicted octanol–water partition coefficient (Wildman–Crippen LogP) is 1.28. The molecule has 0 radical (unpaired) electrons. The summed E-state index contributed by atoms with van der Waals surface area (Å²) >= 11 is 0. The van der Waals surface area contributed by atoms with E-state index in [9.17, 15) is 0 Å². The molecule has 2 aliphatic carbocycles. The maximum absolute atomic E-state index is 9.15. The van der Waals surface area contributed by atoms with Gasteiger partial charge in [0.05, 0.1) is 12.2 Å². The van der Waals surface area contributed by atoms with Crippen LogP contribution >= 0.6 is 0 Å². The Bertz CT molecular complexity index is 172. The zero-order valence-electron chi connectivity index (χ0n) is 11.4. The summed E-state index contributed by atoms with van der Waals surface area (Å²) in [6.07, 6.45) is 9.96. The first-order valence-electron chi connectivity index (χ1n) is 7.45. The van der Waals surface area contributed by atoms with Crippen LogP contribution in [-0.4, -0.2) is 34.5 Å². The van der Waals surface area contributed by atoms with Crippen LogP contribution in [0.5, 0.6) is 0 Å². The Kier molecular flexibility index (Phi) is 7.82. The van der Waals surface area contributed by atoms with Gasteiger partial charge in [-0.2, -0.15) is 0 Å². The van der Waals surface area contributed by atoms with Crippen LogP contribution in [0.25, 0.3) is 0 Å². The lowest BCUT2D eigenvalue weighted by molar-refractivity contribution is 0.156. The zero-order valence-corrected chi connectivity index (χ0v) is 11.4. The first-order chi connectivity index (χ1) is 8.58. The Morgan fingerprint density at radius 2 is 0.944 bits per heavy atom. The molecule has 0 saturated heterocycles. The van der Waals surface area contributed by atoms with Crippen molar-refractivity contribution in [2.45, 2.75) is 88.5 Å². The molecule has 4 nitrogen and oxygen atoms in total. The topological polar surface area (TPSA) is 92.5 Å². The fraction of sp³-hybridized carbons (Fsp3) is 1.00. The van der Waals surface area contributed by atoms with E-state index in [0.717, 1.165) is 64.2 Å². The van der Waals surface area contributed by atoms with E-state index in [1.807, 2.05) is 0 Å². The third kappa shape index (κ3) is 7.31. The molecule has 0 aromatic rings. The summed E-state index contributed by atoms with van der Waals surface area (Å²) < 4.78 is 0. The molecule has 0 bridgehead atoms. The predicted molar refractivity (Wildman–Crippen MR) is 74.1 cm³/mol. The standard InChI is InChI=1S/2C7H15NO/c2*8-6-2-1-3-7(9)5-4-6/h2*6-7,9H,1-5,8H2/t2*6-,7-/m10/s1. The van der Waals surface area contributed by atoms with Crippen molar-refractivity contribution in [2.75, 3.05) is 0 Å². The second-order valence-electron chi connectivity index (χ2n) is 5.84. The van der Waals surface area contributed by atoms with E-state index in [2.05, 4.69) is 0 Å². The lowest BCUT2D eigenvalue weighted by atomic mass is 10.1. The fourth-order valence-corrected chi connectivity index (χ4v) is 2.62. The number of aliphatic hydroxyl groups is 2. The van der Waals surface area contributed by atoms with E-state index >= 15 is 0 Å². The summed E-state index contributed by atoms with van der Waals surface area (Å²) in [5.74, 6) is 0. The second-order valence-corrected chi connectivity index (χ2v) is 5.84. The zero-order chi connectivity index (χ0) is 13.4. The van der Waals surface area contributed by atoms with Gasteiger partial charge >= 0.3 is 0 Å². The van der Waals surface area contributed by atoms with Gasteiger partial charge in [-0.3, -0.25) is 0 Å². The molecule has 2 fully saturated rings. The molecule has 0 unspecified atom stereocenters. The van der Waals surface area contributed by atoms with E-state index in [1.165, 1.54) is 0 Å². The molecule has 0 heterocycles. The summed E-state index contributed by atoms with van der Waals surface area (Å²) in [6.45, 7) is 0. The molecule has 4 atom stereocenters. The minimum absolute atomic E-state index is 0.0708. The maximum Gasteiger partial charge on any atom is 0.0540 e. The lowest BCUT2D eigenvalue weighted by Gasteiger charge is -2.05. The molecule has 0 aromatic heterocycles. The van der Waals surface area contributed by atoms with Crippen LogP contribution in [0.15, 0.2) is 0 Å². The van der Waals surface area contributed by atoms with E-state index < -0.39 is 0 Å². The first-order valence-corrected chi connectivity index (χ1v) is 7.45. The SMILES string of the molecule is N[C@@H]1CCC[C@@H](O)CC1.N[C@H]1CCC[C@H](O)CC1. The van der Waals surface area contributed by atoms with Gasteiger partial charge in [-0.15, -0.1) is 0 Å². The van der Waals surface area contributed by atoms with Crippen LogP contribution in [-0.2, 0) is 0 Å². The van der Waals surface area contributed by atoms with Gasteiger partial charge in [-0.1, -0.05) is 0 Å². The Hall–Kier alpha value is -0.160. The Morgan fingerprint density at radius 1 is 0.556 bits per heavy atom. The molecule has 2 aliphatic rings. The maximum atomic E-state index is 9.15. The third-order valence-electron chi connectivity index (χ3n) is 3.97. The van der Waals surface area contributed by atoms with Crippen molar-refractivity contribution in [2.24, 2.45) is 11.5 Å². The molecule has 4 heteroatoms. The first kappa shape index (κ1) is 15.9. The van der Waals surface area contributed by atoms with Crippen molar-refractivity contribution < 1.29 is 10.2 Å². The van der Waals surface area contributed by atoms with Gasteiger partial charge in [0.1, 0.15) is 0 Å². The van der Waals surface area contributed by atoms with Crippen LogP contribution in [0.1, 0.15) is 64.2 Å². The molecule has 2 rings (SSSR count).